The van der Waals surface area contributed by atoms with Gasteiger partial charge >= 0.3 is 0 Å². The van der Waals surface area contributed by atoms with E-state index in [9.17, 15) is 4.79 Å². The maximum absolute atomic E-state index is 11.1. The summed E-state index contributed by atoms with van der Waals surface area (Å²) in [6.45, 7) is 1.80. The standard InChI is InChI=1S/C12H14N2O3/c1-3-9(12(14)15)17-10-5-4-8(7-13)6-11(10)16-2/h4-6,9H,3H2,1-2H3,(H2,14,15). The summed E-state index contributed by atoms with van der Waals surface area (Å²) in [5.41, 5.74) is 5.65. The number of carbonyl (C=O) groups excluding carboxylic acids is 1. The van der Waals surface area contributed by atoms with Gasteiger partial charge in [-0.1, -0.05) is 6.92 Å². The topological polar surface area (TPSA) is 85.3 Å². The molecule has 1 atom stereocenters. The van der Waals surface area contributed by atoms with Crippen molar-refractivity contribution in [3.63, 3.8) is 0 Å². The van der Waals surface area contributed by atoms with Gasteiger partial charge in [-0.15, -0.1) is 0 Å². The highest BCUT2D eigenvalue weighted by atomic mass is 16.5. The molecule has 1 unspecified atom stereocenters. The second-order valence-corrected chi connectivity index (χ2v) is 3.39. The van der Waals surface area contributed by atoms with Gasteiger partial charge in [0.05, 0.1) is 18.7 Å². The second kappa shape index (κ2) is 5.75. The average molecular weight is 234 g/mol. The van der Waals surface area contributed by atoms with Gasteiger partial charge in [0.15, 0.2) is 17.6 Å². The van der Waals surface area contributed by atoms with Crippen molar-refractivity contribution in [3.8, 4) is 17.6 Å². The first-order valence-corrected chi connectivity index (χ1v) is 5.16. The van der Waals surface area contributed by atoms with Gasteiger partial charge in [-0.25, -0.2) is 0 Å². The number of benzene rings is 1. The summed E-state index contributed by atoms with van der Waals surface area (Å²) < 4.78 is 10.5. The Hall–Kier alpha value is -2.22. The van der Waals surface area contributed by atoms with Crippen molar-refractivity contribution in [1.82, 2.24) is 0 Å². The zero-order chi connectivity index (χ0) is 12.8. The van der Waals surface area contributed by atoms with E-state index in [1.54, 1.807) is 25.1 Å². The summed E-state index contributed by atoms with van der Waals surface area (Å²) in [5.74, 6) is 0.278. The summed E-state index contributed by atoms with van der Waals surface area (Å²) in [6, 6.07) is 6.71. The molecule has 5 nitrogen and oxygen atoms in total. The van der Waals surface area contributed by atoms with E-state index >= 15 is 0 Å². The van der Waals surface area contributed by atoms with E-state index in [4.69, 9.17) is 20.5 Å². The molecule has 0 bridgehead atoms. The Balaban J connectivity index is 2.98. The summed E-state index contributed by atoms with van der Waals surface area (Å²) in [7, 11) is 1.47. The highest BCUT2D eigenvalue weighted by Gasteiger charge is 2.17. The molecule has 1 aromatic carbocycles. The van der Waals surface area contributed by atoms with Gasteiger partial charge in [0.25, 0.3) is 5.91 Å². The molecule has 0 spiro atoms. The lowest BCUT2D eigenvalue weighted by Crippen LogP contribution is -2.33. The van der Waals surface area contributed by atoms with Crippen LogP contribution < -0.4 is 15.2 Å². The predicted molar refractivity (Wildman–Crippen MR) is 61.6 cm³/mol. The Kier molecular flexibility index (Phi) is 4.35. The Bertz CT molecular complexity index is 452. The minimum Gasteiger partial charge on any atom is -0.493 e. The lowest BCUT2D eigenvalue weighted by molar-refractivity contribution is -0.124. The number of methoxy groups -OCH3 is 1. The van der Waals surface area contributed by atoms with Crippen LogP contribution in [0.1, 0.15) is 18.9 Å². The van der Waals surface area contributed by atoms with Crippen LogP contribution in [0.3, 0.4) is 0 Å². The highest BCUT2D eigenvalue weighted by Crippen LogP contribution is 2.29. The highest BCUT2D eigenvalue weighted by molar-refractivity contribution is 5.79. The van der Waals surface area contributed by atoms with Crippen LogP contribution in [0.15, 0.2) is 18.2 Å². The number of nitrogens with two attached hydrogens (primary N) is 1. The van der Waals surface area contributed by atoms with Crippen molar-refractivity contribution in [3.05, 3.63) is 23.8 Å². The number of rotatable bonds is 5. The molecule has 1 rings (SSSR count). The van der Waals surface area contributed by atoms with E-state index in [1.165, 1.54) is 7.11 Å². The number of hydrogen-bond donors (Lipinski definition) is 1. The molecule has 0 aromatic heterocycles. The van der Waals surface area contributed by atoms with Crippen LogP contribution in [0.25, 0.3) is 0 Å². The van der Waals surface area contributed by atoms with Crippen molar-refractivity contribution < 1.29 is 14.3 Å². The first kappa shape index (κ1) is 12.8. The van der Waals surface area contributed by atoms with Crippen LogP contribution in [0.2, 0.25) is 0 Å². The maximum Gasteiger partial charge on any atom is 0.258 e. The number of primary amides is 1. The molecule has 0 saturated carbocycles. The molecule has 0 aliphatic carbocycles. The van der Waals surface area contributed by atoms with Crippen molar-refractivity contribution in [2.45, 2.75) is 19.4 Å². The molecule has 5 heteroatoms. The molecule has 1 aromatic rings. The number of hydrogen-bond acceptors (Lipinski definition) is 4. The Morgan fingerprint density at radius 3 is 2.71 bits per heavy atom. The summed E-state index contributed by atoms with van der Waals surface area (Å²) >= 11 is 0. The van der Waals surface area contributed by atoms with Crippen LogP contribution in [0.4, 0.5) is 0 Å². The number of nitriles is 1. The third-order valence-corrected chi connectivity index (χ3v) is 2.25. The van der Waals surface area contributed by atoms with Crippen molar-refractivity contribution in [2.75, 3.05) is 7.11 Å². The molecule has 0 radical (unpaired) electrons. The maximum atomic E-state index is 11.1. The van der Waals surface area contributed by atoms with Crippen LogP contribution >= 0.6 is 0 Å². The summed E-state index contributed by atoms with van der Waals surface area (Å²) in [6.07, 6.45) is -0.227. The van der Waals surface area contributed by atoms with Gasteiger partial charge in [-0.3, -0.25) is 4.79 Å². The van der Waals surface area contributed by atoms with Gasteiger partial charge in [0, 0.05) is 6.07 Å². The first-order valence-electron chi connectivity index (χ1n) is 5.16. The molecule has 0 fully saturated rings. The molecular formula is C12H14N2O3. The Morgan fingerprint density at radius 2 is 2.24 bits per heavy atom. The van der Waals surface area contributed by atoms with E-state index in [1.807, 2.05) is 6.07 Å². The normalized spacial score (nSPS) is 11.4. The largest absolute Gasteiger partial charge is 0.493 e. The van der Waals surface area contributed by atoms with Gasteiger partial charge in [-0.05, 0) is 18.6 Å². The molecule has 0 saturated heterocycles. The molecule has 0 aliphatic heterocycles. The van der Waals surface area contributed by atoms with Gasteiger partial charge in [0.2, 0.25) is 0 Å². The first-order chi connectivity index (χ1) is 8.12. The zero-order valence-corrected chi connectivity index (χ0v) is 9.77. The fourth-order valence-electron chi connectivity index (χ4n) is 1.33. The van der Waals surface area contributed by atoms with Gasteiger partial charge in [-0.2, -0.15) is 5.26 Å². The van der Waals surface area contributed by atoms with Crippen molar-refractivity contribution in [2.24, 2.45) is 5.73 Å². The number of ether oxygens (including phenoxy) is 2. The zero-order valence-electron chi connectivity index (χ0n) is 9.77. The lowest BCUT2D eigenvalue weighted by atomic mass is 10.2. The smallest absolute Gasteiger partial charge is 0.258 e. The van der Waals surface area contributed by atoms with E-state index in [2.05, 4.69) is 0 Å². The van der Waals surface area contributed by atoms with E-state index < -0.39 is 12.0 Å². The minimum atomic E-state index is -0.697. The van der Waals surface area contributed by atoms with E-state index in [-0.39, 0.29) is 0 Å². The molecular weight excluding hydrogens is 220 g/mol. The van der Waals surface area contributed by atoms with Crippen molar-refractivity contribution >= 4 is 5.91 Å². The fraction of sp³-hybridized carbons (Fsp3) is 0.333. The fourth-order valence-corrected chi connectivity index (χ4v) is 1.33. The molecule has 0 aliphatic rings. The van der Waals surface area contributed by atoms with Gasteiger partial charge < -0.3 is 15.2 Å². The second-order valence-electron chi connectivity index (χ2n) is 3.39. The Labute approximate surface area is 99.7 Å². The third-order valence-electron chi connectivity index (χ3n) is 2.25. The third kappa shape index (κ3) is 3.11. The monoisotopic (exact) mass is 234 g/mol. The molecule has 0 heterocycles. The quantitative estimate of drug-likeness (QED) is 0.829. The van der Waals surface area contributed by atoms with Gasteiger partial charge in [0.1, 0.15) is 0 Å². The number of nitrogens with zero attached hydrogens (tertiary/aromatic N) is 1. The number of carbonyl (C=O) groups is 1. The molecule has 2 N–H and O–H groups in total. The lowest BCUT2D eigenvalue weighted by Gasteiger charge is -2.16. The minimum absolute atomic E-state index is 0.400. The van der Waals surface area contributed by atoms with Crippen LogP contribution in [-0.2, 0) is 4.79 Å². The van der Waals surface area contributed by atoms with Crippen LogP contribution in [-0.4, -0.2) is 19.1 Å². The van der Waals surface area contributed by atoms with Crippen molar-refractivity contribution in [1.29, 1.82) is 5.26 Å². The predicted octanol–water partition coefficient (Wildman–Crippen LogP) is 1.21. The van der Waals surface area contributed by atoms with Crippen LogP contribution in [0, 0.1) is 11.3 Å². The Morgan fingerprint density at radius 1 is 1.53 bits per heavy atom. The van der Waals surface area contributed by atoms with E-state index in [0.29, 0.717) is 23.5 Å². The molecule has 1 amide bonds. The number of amides is 1. The SMILES string of the molecule is CCC(Oc1ccc(C#N)cc1OC)C(N)=O. The summed E-state index contributed by atoms with van der Waals surface area (Å²) in [5, 5.41) is 8.74. The molecule has 17 heavy (non-hydrogen) atoms. The van der Waals surface area contributed by atoms with E-state index in [0.717, 1.165) is 0 Å². The van der Waals surface area contributed by atoms with Crippen LogP contribution in [0.5, 0.6) is 11.5 Å². The average Bonchev–Trinajstić information content (AvgIpc) is 2.35. The molecule has 90 valence electrons. The summed E-state index contributed by atoms with van der Waals surface area (Å²) in [4.78, 5) is 11.1.